The minimum Gasteiger partial charge on any atom is -0.496 e. The van der Waals surface area contributed by atoms with Crippen LogP contribution in [0.5, 0.6) is 11.5 Å². The number of methoxy groups -OCH3 is 2. The maximum absolute atomic E-state index is 5.83. The van der Waals surface area contributed by atoms with E-state index >= 15 is 0 Å². The van der Waals surface area contributed by atoms with Crippen LogP contribution in [0.4, 0.5) is 0 Å². The van der Waals surface area contributed by atoms with Gasteiger partial charge in [-0.3, -0.25) is 0 Å². The zero-order valence-corrected chi connectivity index (χ0v) is 22.8. The van der Waals surface area contributed by atoms with Crippen molar-refractivity contribution in [1.82, 2.24) is 0 Å². The molecule has 0 spiro atoms. The molecular weight excluding hydrogens is 466 g/mol. The number of hydrogen-bond donors (Lipinski definition) is 0. The van der Waals surface area contributed by atoms with Crippen LogP contribution >= 0.6 is 15.8 Å². The van der Waals surface area contributed by atoms with Gasteiger partial charge in [-0.1, -0.05) is 111 Å². The molecule has 4 heteroatoms. The molecule has 0 N–H and O–H groups in total. The van der Waals surface area contributed by atoms with E-state index in [2.05, 4.69) is 111 Å². The predicted molar refractivity (Wildman–Crippen MR) is 155 cm³/mol. The molecular formula is C31H34O2P2. The predicted octanol–water partition coefficient (Wildman–Crippen LogP) is 6.30. The van der Waals surface area contributed by atoms with Crippen molar-refractivity contribution in [3.8, 4) is 11.5 Å². The van der Waals surface area contributed by atoms with E-state index in [0.717, 1.165) is 23.8 Å². The summed E-state index contributed by atoms with van der Waals surface area (Å²) in [6.07, 6.45) is 2.15. The van der Waals surface area contributed by atoms with E-state index in [-0.39, 0.29) is 5.41 Å². The van der Waals surface area contributed by atoms with E-state index < -0.39 is 15.8 Å². The fraction of sp³-hybridized carbons (Fsp3) is 0.226. The highest BCUT2D eigenvalue weighted by atomic mass is 31.1. The molecule has 0 amide bonds. The normalized spacial score (nSPS) is 11.6. The molecule has 35 heavy (non-hydrogen) atoms. The Bertz CT molecular complexity index is 1120. The zero-order valence-electron chi connectivity index (χ0n) is 21.0. The van der Waals surface area contributed by atoms with Crippen LogP contribution in [0.25, 0.3) is 0 Å². The van der Waals surface area contributed by atoms with E-state index in [1.54, 1.807) is 14.2 Å². The smallest absolute Gasteiger partial charge is 0.126 e. The lowest BCUT2D eigenvalue weighted by atomic mass is 10.00. The van der Waals surface area contributed by atoms with Crippen LogP contribution in [0.15, 0.2) is 109 Å². The first-order chi connectivity index (χ1) is 17.0. The van der Waals surface area contributed by atoms with Gasteiger partial charge in [0.1, 0.15) is 11.5 Å². The van der Waals surface area contributed by atoms with E-state index in [4.69, 9.17) is 9.47 Å². The zero-order chi connectivity index (χ0) is 24.7. The minimum absolute atomic E-state index is 0.0881. The van der Waals surface area contributed by atoms with Gasteiger partial charge >= 0.3 is 0 Å². The standard InChI is InChI=1S/C31H34O2P2/c1-31(2,23-34(25-15-7-5-8-16-25)26-17-9-6-10-18-26)24-35(29-21-13-11-19-27(29)32-3)30-22-14-12-20-28(30)33-4/h5-22H,23-24H2,1-4H3. The lowest BCUT2D eigenvalue weighted by Crippen LogP contribution is -2.30. The molecule has 0 aliphatic rings. The van der Waals surface area contributed by atoms with Crippen LogP contribution < -0.4 is 30.7 Å². The summed E-state index contributed by atoms with van der Waals surface area (Å²) in [7, 11) is 2.35. The highest BCUT2D eigenvalue weighted by molar-refractivity contribution is 7.74. The third kappa shape index (κ3) is 6.32. The average molecular weight is 501 g/mol. The number of benzene rings is 4. The van der Waals surface area contributed by atoms with Crippen molar-refractivity contribution in [2.75, 3.05) is 26.5 Å². The number of ether oxygens (including phenoxy) is 2. The van der Waals surface area contributed by atoms with E-state index in [1.165, 1.54) is 21.2 Å². The molecule has 0 unspecified atom stereocenters. The van der Waals surface area contributed by atoms with Crippen molar-refractivity contribution in [1.29, 1.82) is 0 Å². The Balaban J connectivity index is 1.73. The number of rotatable bonds is 10. The largest absolute Gasteiger partial charge is 0.496 e. The quantitative estimate of drug-likeness (QED) is 0.238. The molecule has 0 radical (unpaired) electrons. The van der Waals surface area contributed by atoms with E-state index in [0.29, 0.717) is 0 Å². The maximum Gasteiger partial charge on any atom is 0.126 e. The molecule has 0 saturated heterocycles. The SMILES string of the molecule is COc1ccccc1P(CC(C)(C)CP(c1ccccc1)c1ccccc1)c1ccccc1OC. The molecule has 4 aromatic carbocycles. The van der Waals surface area contributed by atoms with Crippen LogP contribution in [0, 0.1) is 5.41 Å². The summed E-state index contributed by atoms with van der Waals surface area (Å²) < 4.78 is 11.7. The van der Waals surface area contributed by atoms with Crippen molar-refractivity contribution < 1.29 is 9.47 Å². The summed E-state index contributed by atoms with van der Waals surface area (Å²) >= 11 is 0. The topological polar surface area (TPSA) is 18.5 Å². The number of para-hydroxylation sites is 2. The summed E-state index contributed by atoms with van der Waals surface area (Å²) in [5, 5.41) is 5.40. The van der Waals surface area contributed by atoms with E-state index in [1.807, 2.05) is 12.1 Å². The van der Waals surface area contributed by atoms with Gasteiger partial charge in [0.25, 0.3) is 0 Å². The summed E-state index contributed by atoms with van der Waals surface area (Å²) in [5.74, 6) is 1.91. The first-order valence-electron chi connectivity index (χ1n) is 11.9. The van der Waals surface area contributed by atoms with Gasteiger partial charge in [-0.2, -0.15) is 0 Å². The van der Waals surface area contributed by atoms with Crippen LogP contribution in [0.1, 0.15) is 13.8 Å². The highest BCUT2D eigenvalue weighted by Crippen LogP contribution is 2.49. The molecule has 0 aliphatic heterocycles. The first-order valence-corrected chi connectivity index (χ1v) is 15.0. The lowest BCUT2D eigenvalue weighted by molar-refractivity contribution is 0.417. The van der Waals surface area contributed by atoms with Gasteiger partial charge in [0.2, 0.25) is 0 Å². The molecule has 0 atom stereocenters. The molecule has 0 aliphatic carbocycles. The fourth-order valence-electron chi connectivity index (χ4n) is 4.46. The van der Waals surface area contributed by atoms with Crippen molar-refractivity contribution in [2.24, 2.45) is 5.41 Å². The summed E-state index contributed by atoms with van der Waals surface area (Å²) in [6.45, 7) is 4.85. The van der Waals surface area contributed by atoms with Crippen LogP contribution in [-0.2, 0) is 0 Å². The van der Waals surface area contributed by atoms with Gasteiger partial charge < -0.3 is 9.47 Å². The van der Waals surface area contributed by atoms with Gasteiger partial charge in [-0.05, 0) is 56.3 Å². The number of hydrogen-bond acceptors (Lipinski definition) is 2. The Kier molecular flexibility index (Phi) is 8.61. The van der Waals surface area contributed by atoms with Crippen molar-refractivity contribution in [2.45, 2.75) is 13.8 Å². The van der Waals surface area contributed by atoms with Crippen molar-refractivity contribution >= 4 is 37.1 Å². The minimum atomic E-state index is -0.700. The monoisotopic (exact) mass is 500 g/mol. The van der Waals surface area contributed by atoms with Crippen molar-refractivity contribution in [3.63, 3.8) is 0 Å². The molecule has 4 aromatic rings. The summed E-state index contributed by atoms with van der Waals surface area (Å²) in [5.41, 5.74) is 0.0881. The molecule has 2 nitrogen and oxygen atoms in total. The second kappa shape index (κ2) is 11.9. The highest BCUT2D eigenvalue weighted by Gasteiger charge is 2.32. The Morgan fingerprint density at radius 2 is 0.886 bits per heavy atom. The Hall–Kier alpha value is -2.66. The van der Waals surface area contributed by atoms with Crippen LogP contribution in [-0.4, -0.2) is 26.5 Å². The molecule has 0 aromatic heterocycles. The van der Waals surface area contributed by atoms with Crippen LogP contribution in [0.3, 0.4) is 0 Å². The fourth-order valence-corrected chi connectivity index (χ4v) is 10.3. The van der Waals surface area contributed by atoms with Crippen LogP contribution in [0.2, 0.25) is 0 Å². The Morgan fingerprint density at radius 1 is 0.514 bits per heavy atom. The molecule has 0 bridgehead atoms. The van der Waals surface area contributed by atoms with Crippen molar-refractivity contribution in [3.05, 3.63) is 109 Å². The maximum atomic E-state index is 5.83. The van der Waals surface area contributed by atoms with Gasteiger partial charge in [-0.15, -0.1) is 0 Å². The Labute approximate surface area is 212 Å². The van der Waals surface area contributed by atoms with Gasteiger partial charge in [-0.25, -0.2) is 0 Å². The third-order valence-corrected chi connectivity index (χ3v) is 12.1. The second-order valence-corrected chi connectivity index (χ2v) is 13.7. The molecule has 4 rings (SSSR count). The summed E-state index contributed by atoms with van der Waals surface area (Å²) in [4.78, 5) is 0. The van der Waals surface area contributed by atoms with Gasteiger partial charge in [0, 0.05) is 10.6 Å². The summed E-state index contributed by atoms with van der Waals surface area (Å²) in [6, 6.07) is 39.0. The van der Waals surface area contributed by atoms with Gasteiger partial charge in [0.15, 0.2) is 0 Å². The van der Waals surface area contributed by atoms with Gasteiger partial charge in [0.05, 0.1) is 14.2 Å². The second-order valence-electron chi connectivity index (χ2n) is 9.35. The molecule has 0 saturated carbocycles. The molecule has 180 valence electrons. The lowest BCUT2D eigenvalue weighted by Gasteiger charge is -2.35. The third-order valence-electron chi connectivity index (χ3n) is 6.06. The molecule has 0 heterocycles. The first kappa shape index (κ1) is 25.4. The Morgan fingerprint density at radius 3 is 1.31 bits per heavy atom. The van der Waals surface area contributed by atoms with E-state index in [9.17, 15) is 0 Å². The average Bonchev–Trinajstić information content (AvgIpc) is 2.91. The molecule has 0 fully saturated rings.